The van der Waals surface area contributed by atoms with Crippen LogP contribution < -0.4 is 10.1 Å². The van der Waals surface area contributed by atoms with Crippen LogP contribution in [0.5, 0.6) is 5.75 Å². The number of piperidine rings is 1. The summed E-state index contributed by atoms with van der Waals surface area (Å²) in [6.45, 7) is 0.798. The summed E-state index contributed by atoms with van der Waals surface area (Å²) in [7, 11) is 0. The molecule has 3 aromatic rings. The van der Waals surface area contributed by atoms with Crippen LogP contribution in [0.25, 0.3) is 11.0 Å². The Kier molecular flexibility index (Phi) is 5.64. The fraction of sp³-hybridized carbons (Fsp3) is 0.286. The summed E-state index contributed by atoms with van der Waals surface area (Å²) in [4.78, 5) is 46.4. The maximum Gasteiger partial charge on any atom is 0.255 e. The minimum Gasteiger partial charge on any atom is -0.493 e. The fourth-order valence-corrected chi connectivity index (χ4v) is 5.14. The second-order valence-corrected chi connectivity index (χ2v) is 9.50. The highest BCUT2D eigenvalue weighted by molar-refractivity contribution is 6.05. The Labute approximate surface area is 208 Å². The van der Waals surface area contributed by atoms with Crippen molar-refractivity contribution in [2.45, 2.75) is 38.3 Å². The summed E-state index contributed by atoms with van der Waals surface area (Å²) in [5, 5.41) is 2.34. The number of hydrogen-bond donors (Lipinski definition) is 2. The van der Waals surface area contributed by atoms with E-state index in [1.54, 1.807) is 11.0 Å². The van der Waals surface area contributed by atoms with Crippen LogP contribution in [-0.4, -0.2) is 45.2 Å². The summed E-state index contributed by atoms with van der Waals surface area (Å²) in [6.07, 6.45) is 8.72. The van der Waals surface area contributed by atoms with Crippen LogP contribution in [0.3, 0.4) is 0 Å². The highest BCUT2D eigenvalue weighted by atomic mass is 16.5. The number of para-hydroxylation sites is 2. The van der Waals surface area contributed by atoms with Crippen LogP contribution in [0.2, 0.25) is 0 Å². The van der Waals surface area contributed by atoms with Crippen molar-refractivity contribution < 1.29 is 19.1 Å². The smallest absolute Gasteiger partial charge is 0.255 e. The first-order chi connectivity index (χ1) is 17.5. The lowest BCUT2D eigenvalue weighted by molar-refractivity contribution is -0.136. The average Bonchev–Trinajstić information content (AvgIpc) is 3.44. The van der Waals surface area contributed by atoms with Crippen LogP contribution in [0.15, 0.2) is 66.3 Å². The molecule has 1 saturated heterocycles. The van der Waals surface area contributed by atoms with E-state index in [9.17, 15) is 14.4 Å². The van der Waals surface area contributed by atoms with Crippen LogP contribution in [-0.2, 0) is 22.6 Å². The first-order valence-corrected chi connectivity index (χ1v) is 12.3. The number of carbonyl (C=O) groups is 3. The number of nitrogens with zero attached hydrogens (tertiary/aromatic N) is 2. The number of rotatable bonds is 6. The van der Waals surface area contributed by atoms with Crippen molar-refractivity contribution in [2.75, 3.05) is 6.61 Å². The molecule has 0 bridgehead atoms. The standard InChI is InChI=1S/C28H26N4O4/c33-26-13-12-23(27(34)31-26)32-15-20-19(28(32)35)4-3-7-24(20)36-16-18-10-8-17(9-11-18)14-25-29-21-5-1-2-6-22(21)30-25/h1-10,18,23H,11-16H2,(H,29,30)(H,31,33,34). The fourth-order valence-electron chi connectivity index (χ4n) is 5.14. The maximum absolute atomic E-state index is 13.0. The van der Waals surface area contributed by atoms with Crippen molar-refractivity contribution in [1.29, 1.82) is 0 Å². The van der Waals surface area contributed by atoms with E-state index in [2.05, 4.69) is 33.5 Å². The third kappa shape index (κ3) is 4.19. The molecule has 1 aromatic heterocycles. The zero-order valence-corrected chi connectivity index (χ0v) is 19.7. The molecule has 36 heavy (non-hydrogen) atoms. The first kappa shape index (κ1) is 22.3. The topological polar surface area (TPSA) is 104 Å². The van der Waals surface area contributed by atoms with Crippen LogP contribution >= 0.6 is 0 Å². The van der Waals surface area contributed by atoms with Crippen LogP contribution in [0.1, 0.15) is 41.0 Å². The first-order valence-electron chi connectivity index (χ1n) is 12.3. The Balaban J connectivity index is 1.08. The third-order valence-corrected chi connectivity index (χ3v) is 7.07. The Morgan fingerprint density at radius 2 is 1.97 bits per heavy atom. The molecule has 2 atom stereocenters. The van der Waals surface area contributed by atoms with Gasteiger partial charge in [0.15, 0.2) is 0 Å². The van der Waals surface area contributed by atoms with Gasteiger partial charge in [0.1, 0.15) is 17.6 Å². The SMILES string of the molecule is O=C1CCC(N2Cc3c(OCC4C=CC(Cc5nc6ccccc6[nH]5)=CC4)cccc3C2=O)C(=O)N1. The molecule has 8 heteroatoms. The molecule has 2 aliphatic heterocycles. The van der Waals surface area contributed by atoms with Gasteiger partial charge in [-0.25, -0.2) is 4.98 Å². The quantitative estimate of drug-likeness (QED) is 0.524. The second-order valence-electron chi connectivity index (χ2n) is 9.50. The van der Waals surface area contributed by atoms with E-state index in [1.165, 1.54) is 5.57 Å². The van der Waals surface area contributed by atoms with E-state index in [0.717, 1.165) is 35.3 Å². The molecule has 0 radical (unpaired) electrons. The molecule has 1 fully saturated rings. The van der Waals surface area contributed by atoms with E-state index in [4.69, 9.17) is 4.74 Å². The molecule has 3 heterocycles. The molecule has 3 aliphatic rings. The zero-order chi connectivity index (χ0) is 24.6. The number of aromatic nitrogens is 2. The van der Waals surface area contributed by atoms with E-state index in [-0.39, 0.29) is 24.2 Å². The average molecular weight is 483 g/mol. The Morgan fingerprint density at radius 1 is 1.08 bits per heavy atom. The molecule has 6 rings (SSSR count). The lowest BCUT2D eigenvalue weighted by Gasteiger charge is -2.29. The maximum atomic E-state index is 13.0. The molecule has 3 amide bonds. The molecule has 182 valence electrons. The van der Waals surface area contributed by atoms with Gasteiger partial charge in [0.2, 0.25) is 11.8 Å². The number of imide groups is 1. The van der Waals surface area contributed by atoms with Crippen molar-refractivity contribution in [1.82, 2.24) is 20.2 Å². The number of allylic oxidation sites excluding steroid dienone is 3. The van der Waals surface area contributed by atoms with Crippen molar-refractivity contribution in [3.05, 3.63) is 83.2 Å². The number of carbonyl (C=O) groups excluding carboxylic acids is 3. The number of ether oxygens (including phenoxy) is 1. The summed E-state index contributed by atoms with van der Waals surface area (Å²) < 4.78 is 6.18. The Bertz CT molecular complexity index is 1400. The molecular weight excluding hydrogens is 456 g/mol. The van der Waals surface area contributed by atoms with Crippen molar-refractivity contribution in [2.24, 2.45) is 5.92 Å². The summed E-state index contributed by atoms with van der Waals surface area (Å²) in [5.74, 6) is 0.949. The van der Waals surface area contributed by atoms with Gasteiger partial charge in [-0.15, -0.1) is 0 Å². The van der Waals surface area contributed by atoms with Gasteiger partial charge in [0, 0.05) is 29.9 Å². The van der Waals surface area contributed by atoms with Gasteiger partial charge in [0.05, 0.1) is 24.2 Å². The predicted molar refractivity (Wildman–Crippen MR) is 133 cm³/mol. The minimum absolute atomic E-state index is 0.194. The van der Waals surface area contributed by atoms with Crippen molar-refractivity contribution in [3.8, 4) is 5.75 Å². The number of nitrogens with one attached hydrogen (secondary N) is 2. The molecule has 0 saturated carbocycles. The summed E-state index contributed by atoms with van der Waals surface area (Å²) >= 11 is 0. The summed E-state index contributed by atoms with van der Waals surface area (Å²) in [5.41, 5.74) is 4.60. The van der Waals surface area contributed by atoms with E-state index >= 15 is 0 Å². The van der Waals surface area contributed by atoms with E-state index in [1.807, 2.05) is 36.4 Å². The molecule has 1 aliphatic carbocycles. The lowest BCUT2D eigenvalue weighted by atomic mass is 9.96. The monoisotopic (exact) mass is 482 g/mol. The minimum atomic E-state index is -0.632. The number of fused-ring (bicyclic) bond motifs is 2. The number of hydrogen-bond acceptors (Lipinski definition) is 5. The molecule has 2 aromatic carbocycles. The molecule has 2 N–H and O–H groups in total. The largest absolute Gasteiger partial charge is 0.493 e. The highest BCUT2D eigenvalue weighted by Crippen LogP contribution is 2.34. The van der Waals surface area contributed by atoms with Crippen molar-refractivity contribution >= 4 is 28.8 Å². The zero-order valence-electron chi connectivity index (χ0n) is 19.7. The molecule has 2 unspecified atom stereocenters. The van der Waals surface area contributed by atoms with Crippen LogP contribution in [0.4, 0.5) is 0 Å². The van der Waals surface area contributed by atoms with Gasteiger partial charge in [-0.1, -0.05) is 36.4 Å². The third-order valence-electron chi connectivity index (χ3n) is 7.07. The normalized spacial score (nSPS) is 21.5. The number of imidazole rings is 1. The molecule has 0 spiro atoms. The van der Waals surface area contributed by atoms with Gasteiger partial charge in [-0.3, -0.25) is 19.7 Å². The van der Waals surface area contributed by atoms with Gasteiger partial charge in [-0.2, -0.15) is 0 Å². The lowest BCUT2D eigenvalue weighted by Crippen LogP contribution is -2.52. The predicted octanol–water partition coefficient (Wildman–Crippen LogP) is 3.45. The van der Waals surface area contributed by atoms with E-state index in [0.29, 0.717) is 30.9 Å². The van der Waals surface area contributed by atoms with Gasteiger partial charge < -0.3 is 14.6 Å². The molecule has 8 nitrogen and oxygen atoms in total. The Morgan fingerprint density at radius 3 is 2.78 bits per heavy atom. The number of benzene rings is 2. The van der Waals surface area contributed by atoms with E-state index < -0.39 is 11.9 Å². The number of H-pyrrole nitrogens is 1. The number of amides is 3. The summed E-state index contributed by atoms with van der Waals surface area (Å²) in [6, 6.07) is 12.8. The van der Waals surface area contributed by atoms with Gasteiger partial charge >= 0.3 is 0 Å². The molecular formula is C28H26N4O4. The van der Waals surface area contributed by atoms with Gasteiger partial charge in [-0.05, 0) is 42.7 Å². The number of aromatic amines is 1. The van der Waals surface area contributed by atoms with Crippen LogP contribution in [0, 0.1) is 5.92 Å². The second kappa shape index (κ2) is 9.11. The Hall–Kier alpha value is -4.20. The highest BCUT2D eigenvalue weighted by Gasteiger charge is 2.40. The van der Waals surface area contributed by atoms with Crippen molar-refractivity contribution in [3.63, 3.8) is 0 Å². The van der Waals surface area contributed by atoms with Gasteiger partial charge in [0.25, 0.3) is 5.91 Å².